The summed E-state index contributed by atoms with van der Waals surface area (Å²) >= 11 is 0. The van der Waals surface area contributed by atoms with E-state index in [2.05, 4.69) is 15.5 Å². The normalized spacial score (nSPS) is 10.5. The Morgan fingerprint density at radius 1 is 1.35 bits per heavy atom. The van der Waals surface area contributed by atoms with Gasteiger partial charge in [-0.3, -0.25) is 15.1 Å². The molecule has 0 aromatic carbocycles. The maximum atomic E-state index is 11.4. The molecule has 1 amide bonds. The van der Waals surface area contributed by atoms with Crippen molar-refractivity contribution in [1.29, 1.82) is 0 Å². The Morgan fingerprint density at radius 2 is 2.18 bits per heavy atom. The second-order valence-electron chi connectivity index (χ2n) is 3.94. The molecular weight excluding hydrogens is 218 g/mol. The first kappa shape index (κ1) is 11.3. The van der Waals surface area contributed by atoms with E-state index in [4.69, 9.17) is 4.52 Å². The molecule has 0 saturated carbocycles. The van der Waals surface area contributed by atoms with Crippen molar-refractivity contribution in [3.05, 3.63) is 30.5 Å². The molecule has 0 unspecified atom stereocenters. The van der Waals surface area contributed by atoms with E-state index in [1.165, 1.54) is 0 Å². The molecule has 0 atom stereocenters. The number of nitrogens with one attached hydrogen (secondary N) is 1. The predicted molar refractivity (Wildman–Crippen MR) is 63.2 cm³/mol. The molecule has 0 aliphatic rings. The van der Waals surface area contributed by atoms with Crippen LogP contribution in [0.1, 0.15) is 13.8 Å². The Balaban J connectivity index is 2.14. The van der Waals surface area contributed by atoms with Crippen LogP contribution in [0.5, 0.6) is 0 Å². The lowest BCUT2D eigenvalue weighted by Gasteiger charge is -2.02. The van der Waals surface area contributed by atoms with Crippen molar-refractivity contribution in [1.82, 2.24) is 10.1 Å². The third-order valence-electron chi connectivity index (χ3n) is 2.21. The lowest BCUT2D eigenvalue weighted by Crippen LogP contribution is -2.17. The SMILES string of the molecule is CC(C)C(=O)Nc1cc(-c2ccccn2)no1. The van der Waals surface area contributed by atoms with Gasteiger partial charge < -0.3 is 4.52 Å². The molecule has 2 rings (SSSR count). The Bertz CT molecular complexity index is 505. The first-order chi connectivity index (χ1) is 8.16. The Labute approximate surface area is 98.8 Å². The highest BCUT2D eigenvalue weighted by Gasteiger charge is 2.12. The number of amides is 1. The molecule has 2 heterocycles. The first-order valence-corrected chi connectivity index (χ1v) is 5.36. The number of carbonyl (C=O) groups is 1. The fraction of sp³-hybridized carbons (Fsp3) is 0.250. The van der Waals surface area contributed by atoms with E-state index in [9.17, 15) is 4.79 Å². The Hall–Kier alpha value is -2.17. The zero-order valence-electron chi connectivity index (χ0n) is 9.68. The third kappa shape index (κ3) is 2.69. The monoisotopic (exact) mass is 231 g/mol. The average Bonchev–Trinajstić information content (AvgIpc) is 2.78. The summed E-state index contributed by atoms with van der Waals surface area (Å²) in [5, 5.41) is 6.48. The number of nitrogens with zero attached hydrogens (tertiary/aromatic N) is 2. The lowest BCUT2D eigenvalue weighted by molar-refractivity contribution is -0.119. The second-order valence-corrected chi connectivity index (χ2v) is 3.94. The van der Waals surface area contributed by atoms with Crippen LogP contribution >= 0.6 is 0 Å². The fourth-order valence-corrected chi connectivity index (χ4v) is 1.23. The van der Waals surface area contributed by atoms with Gasteiger partial charge in [-0.15, -0.1) is 0 Å². The molecule has 0 fully saturated rings. The molecule has 17 heavy (non-hydrogen) atoms. The van der Waals surface area contributed by atoms with Gasteiger partial charge in [0, 0.05) is 18.2 Å². The van der Waals surface area contributed by atoms with Gasteiger partial charge in [-0.25, -0.2) is 0 Å². The largest absolute Gasteiger partial charge is 0.338 e. The van der Waals surface area contributed by atoms with Crippen molar-refractivity contribution in [2.45, 2.75) is 13.8 Å². The van der Waals surface area contributed by atoms with E-state index in [0.717, 1.165) is 0 Å². The van der Waals surface area contributed by atoms with Crippen LogP contribution in [-0.4, -0.2) is 16.0 Å². The summed E-state index contributed by atoms with van der Waals surface area (Å²) in [6.45, 7) is 3.62. The van der Waals surface area contributed by atoms with E-state index in [0.29, 0.717) is 17.3 Å². The van der Waals surface area contributed by atoms with E-state index >= 15 is 0 Å². The van der Waals surface area contributed by atoms with Crippen molar-refractivity contribution in [3.8, 4) is 11.4 Å². The quantitative estimate of drug-likeness (QED) is 0.880. The zero-order valence-corrected chi connectivity index (χ0v) is 9.68. The minimum absolute atomic E-state index is 0.0987. The van der Waals surface area contributed by atoms with E-state index < -0.39 is 0 Å². The van der Waals surface area contributed by atoms with Crippen LogP contribution < -0.4 is 5.32 Å². The van der Waals surface area contributed by atoms with Crippen LogP contribution in [0.15, 0.2) is 35.0 Å². The summed E-state index contributed by atoms with van der Waals surface area (Å²) < 4.78 is 5.02. The lowest BCUT2D eigenvalue weighted by atomic mass is 10.2. The van der Waals surface area contributed by atoms with E-state index in [-0.39, 0.29) is 11.8 Å². The van der Waals surface area contributed by atoms with Crippen LogP contribution in [0.25, 0.3) is 11.4 Å². The number of pyridine rings is 1. The second kappa shape index (κ2) is 4.78. The van der Waals surface area contributed by atoms with Crippen LogP contribution in [-0.2, 0) is 4.79 Å². The summed E-state index contributed by atoms with van der Waals surface area (Å²) in [6, 6.07) is 7.17. The number of carbonyl (C=O) groups excluding carboxylic acids is 1. The van der Waals surface area contributed by atoms with Crippen molar-refractivity contribution in [2.24, 2.45) is 5.92 Å². The van der Waals surface area contributed by atoms with Crippen LogP contribution in [0.3, 0.4) is 0 Å². The van der Waals surface area contributed by atoms with E-state index in [1.54, 1.807) is 12.3 Å². The van der Waals surface area contributed by atoms with Crippen molar-refractivity contribution < 1.29 is 9.32 Å². The first-order valence-electron chi connectivity index (χ1n) is 5.36. The van der Waals surface area contributed by atoms with Crippen LogP contribution in [0.2, 0.25) is 0 Å². The highest BCUT2D eigenvalue weighted by atomic mass is 16.5. The predicted octanol–water partition coefficient (Wildman–Crippen LogP) is 2.33. The smallest absolute Gasteiger partial charge is 0.231 e. The molecule has 0 bridgehead atoms. The van der Waals surface area contributed by atoms with Gasteiger partial charge in [0.25, 0.3) is 0 Å². The standard InChI is InChI=1S/C12H13N3O2/c1-8(2)12(16)14-11-7-10(15-17-11)9-5-3-4-6-13-9/h3-8H,1-2H3,(H,14,16). The minimum Gasteiger partial charge on any atom is -0.338 e. The molecule has 88 valence electrons. The van der Waals surface area contributed by atoms with Crippen molar-refractivity contribution >= 4 is 11.8 Å². The molecule has 0 aliphatic heterocycles. The van der Waals surface area contributed by atoms with Gasteiger partial charge in [-0.2, -0.15) is 0 Å². The molecule has 1 N–H and O–H groups in total. The molecule has 0 radical (unpaired) electrons. The van der Waals surface area contributed by atoms with Crippen LogP contribution in [0, 0.1) is 5.92 Å². The summed E-state index contributed by atoms with van der Waals surface area (Å²) in [5.41, 5.74) is 1.31. The van der Waals surface area contributed by atoms with Gasteiger partial charge in [0.1, 0.15) is 5.69 Å². The number of hydrogen-bond donors (Lipinski definition) is 1. The molecular formula is C12H13N3O2. The summed E-state index contributed by atoms with van der Waals surface area (Å²) in [5.74, 6) is 0.136. The number of hydrogen-bond acceptors (Lipinski definition) is 4. The minimum atomic E-state index is -0.103. The maximum absolute atomic E-state index is 11.4. The molecule has 0 spiro atoms. The molecule has 0 saturated heterocycles. The third-order valence-corrected chi connectivity index (χ3v) is 2.21. The molecule has 0 aliphatic carbocycles. The molecule has 5 heteroatoms. The summed E-state index contributed by atoms with van der Waals surface area (Å²) in [4.78, 5) is 15.6. The highest BCUT2D eigenvalue weighted by Crippen LogP contribution is 2.19. The number of aromatic nitrogens is 2. The molecule has 5 nitrogen and oxygen atoms in total. The van der Waals surface area contributed by atoms with Gasteiger partial charge in [0.15, 0.2) is 0 Å². The van der Waals surface area contributed by atoms with Crippen molar-refractivity contribution in [3.63, 3.8) is 0 Å². The average molecular weight is 231 g/mol. The Morgan fingerprint density at radius 3 is 2.82 bits per heavy atom. The number of anilines is 1. The maximum Gasteiger partial charge on any atom is 0.231 e. The zero-order chi connectivity index (χ0) is 12.3. The molecule has 2 aromatic heterocycles. The number of rotatable bonds is 3. The van der Waals surface area contributed by atoms with Gasteiger partial charge >= 0.3 is 0 Å². The van der Waals surface area contributed by atoms with Gasteiger partial charge in [0.05, 0.1) is 5.69 Å². The highest BCUT2D eigenvalue weighted by molar-refractivity contribution is 5.91. The summed E-state index contributed by atoms with van der Waals surface area (Å²) in [7, 11) is 0. The van der Waals surface area contributed by atoms with Crippen LogP contribution in [0.4, 0.5) is 5.88 Å². The molecule has 2 aromatic rings. The fourth-order valence-electron chi connectivity index (χ4n) is 1.23. The van der Waals surface area contributed by atoms with E-state index in [1.807, 2.05) is 32.0 Å². The van der Waals surface area contributed by atoms with Crippen molar-refractivity contribution in [2.75, 3.05) is 5.32 Å². The van der Waals surface area contributed by atoms with Gasteiger partial charge in [0.2, 0.25) is 11.8 Å². The topological polar surface area (TPSA) is 68.0 Å². The Kier molecular flexibility index (Phi) is 3.18. The van der Waals surface area contributed by atoms with Gasteiger partial charge in [-0.1, -0.05) is 25.1 Å². The summed E-state index contributed by atoms with van der Waals surface area (Å²) in [6.07, 6.45) is 1.68. The van der Waals surface area contributed by atoms with Gasteiger partial charge in [-0.05, 0) is 12.1 Å².